The first-order valence-corrected chi connectivity index (χ1v) is 14.6. The Morgan fingerprint density at radius 3 is 2.07 bits per heavy atom. The van der Waals surface area contributed by atoms with Gasteiger partial charge in [-0.2, -0.15) is 0 Å². The zero-order valence-electron chi connectivity index (χ0n) is 24.9. The predicted octanol–water partition coefficient (Wildman–Crippen LogP) is 5.95. The van der Waals surface area contributed by atoms with Gasteiger partial charge >= 0.3 is 5.97 Å². The fourth-order valence-corrected chi connectivity index (χ4v) is 7.37. The number of ether oxygens (including phenoxy) is 3. The van der Waals surface area contributed by atoms with Gasteiger partial charge in [0.25, 0.3) is 0 Å². The molecule has 45 heavy (non-hydrogen) atoms. The van der Waals surface area contributed by atoms with Gasteiger partial charge in [-0.1, -0.05) is 54.6 Å². The van der Waals surface area contributed by atoms with Gasteiger partial charge in [-0.25, -0.2) is 0 Å². The Balaban J connectivity index is 1.53. The summed E-state index contributed by atoms with van der Waals surface area (Å²) in [4.78, 5) is 58.2. The second-order valence-electron chi connectivity index (χ2n) is 11.4. The molecule has 0 aromatic heterocycles. The number of rotatable bonds is 6. The predicted molar refractivity (Wildman–Crippen MR) is 167 cm³/mol. The number of esters is 1. The van der Waals surface area contributed by atoms with Crippen molar-refractivity contribution >= 4 is 35.1 Å². The molecule has 1 fully saturated rings. The summed E-state index contributed by atoms with van der Waals surface area (Å²) in [6, 6.07) is 24.2. The number of carbonyl (C=O) groups excluding carboxylic acids is 4. The van der Waals surface area contributed by atoms with E-state index in [1.807, 2.05) is 41.3 Å². The average Bonchev–Trinajstić information content (AvgIpc) is 3.50. The van der Waals surface area contributed by atoms with Crippen molar-refractivity contribution in [2.75, 3.05) is 19.1 Å². The monoisotopic (exact) mass is 599 g/mol. The lowest BCUT2D eigenvalue weighted by Crippen LogP contribution is -2.48. The lowest BCUT2D eigenvalue weighted by molar-refractivity contribution is -0.131. The summed E-state index contributed by atoms with van der Waals surface area (Å²) >= 11 is 0. The molecule has 0 amide bonds. The molecular weight excluding hydrogens is 570 g/mol. The summed E-state index contributed by atoms with van der Waals surface area (Å²) in [5, 5.41) is 0. The van der Waals surface area contributed by atoms with Crippen LogP contribution in [0.5, 0.6) is 17.2 Å². The summed E-state index contributed by atoms with van der Waals surface area (Å²) in [7, 11) is 3.06. The van der Waals surface area contributed by atoms with Crippen molar-refractivity contribution in [3.05, 3.63) is 125 Å². The number of anilines is 1. The van der Waals surface area contributed by atoms with Crippen LogP contribution in [0.4, 0.5) is 5.69 Å². The number of ketones is 3. The SMILES string of the molecule is COc1ccc(OC)c([C@@H]2[C@H](C(=O)c3ccc(OC(C)=O)cc3)N3c4ccccc4C=C[C@H]3C23C(=O)c2ccccc2C3=O)c1. The van der Waals surface area contributed by atoms with E-state index in [1.54, 1.807) is 66.7 Å². The average molecular weight is 600 g/mol. The maximum Gasteiger partial charge on any atom is 0.308 e. The third-order valence-electron chi connectivity index (χ3n) is 9.15. The Labute approximate surface area is 259 Å². The summed E-state index contributed by atoms with van der Waals surface area (Å²) in [5.41, 5.74) is 1.43. The quantitative estimate of drug-likeness (QED) is 0.116. The molecule has 1 saturated heterocycles. The fourth-order valence-electron chi connectivity index (χ4n) is 7.37. The highest BCUT2D eigenvalue weighted by Gasteiger charge is 2.72. The molecule has 2 heterocycles. The van der Waals surface area contributed by atoms with Gasteiger partial charge in [0, 0.05) is 40.8 Å². The normalized spacial score (nSPS) is 20.4. The molecule has 4 aromatic carbocycles. The highest BCUT2D eigenvalue weighted by atomic mass is 16.5. The van der Waals surface area contributed by atoms with E-state index in [1.165, 1.54) is 21.1 Å². The fraction of sp³-hybridized carbons (Fsp3) is 0.189. The molecule has 0 bridgehead atoms. The van der Waals surface area contributed by atoms with Crippen LogP contribution in [0.2, 0.25) is 0 Å². The molecule has 8 heteroatoms. The van der Waals surface area contributed by atoms with Gasteiger partial charge in [-0.15, -0.1) is 0 Å². The summed E-state index contributed by atoms with van der Waals surface area (Å²) < 4.78 is 16.6. The van der Waals surface area contributed by atoms with E-state index in [9.17, 15) is 19.2 Å². The smallest absolute Gasteiger partial charge is 0.308 e. The van der Waals surface area contributed by atoms with E-state index < -0.39 is 29.4 Å². The number of carbonyl (C=O) groups is 4. The molecule has 4 aromatic rings. The topological polar surface area (TPSA) is 99.2 Å². The van der Waals surface area contributed by atoms with E-state index >= 15 is 0 Å². The van der Waals surface area contributed by atoms with Crippen molar-refractivity contribution in [2.45, 2.75) is 24.9 Å². The van der Waals surface area contributed by atoms with Crippen LogP contribution < -0.4 is 19.1 Å². The van der Waals surface area contributed by atoms with E-state index in [4.69, 9.17) is 14.2 Å². The van der Waals surface area contributed by atoms with Crippen LogP contribution in [0.15, 0.2) is 97.1 Å². The van der Waals surface area contributed by atoms with Crippen LogP contribution in [0.3, 0.4) is 0 Å². The number of para-hydroxylation sites is 1. The van der Waals surface area contributed by atoms with E-state index in [0.717, 1.165) is 11.3 Å². The molecule has 0 unspecified atom stereocenters. The molecule has 1 aliphatic carbocycles. The standard InChI is InChI=1S/C37H29NO7/c1-21(39)45-24-15-12-23(13-16-24)34(40)33-32(28-20-25(43-2)17-18-30(28)44-3)37(35(41)26-9-5-6-10-27(26)36(37)42)31-19-14-22-8-4-7-11-29(22)38(31)33/h4-20,31-33H,1-3H3/t31-,32+,33+/m0/s1. The van der Waals surface area contributed by atoms with Crippen molar-refractivity contribution in [2.24, 2.45) is 5.41 Å². The van der Waals surface area contributed by atoms with Crippen molar-refractivity contribution in [1.29, 1.82) is 0 Å². The van der Waals surface area contributed by atoms with Gasteiger partial charge in [0.15, 0.2) is 17.3 Å². The van der Waals surface area contributed by atoms with Crippen LogP contribution in [-0.4, -0.2) is 49.6 Å². The number of Topliss-reactive ketones (excluding diaryl/α,β-unsaturated/α-hetero) is 3. The molecule has 3 atom stereocenters. The van der Waals surface area contributed by atoms with Gasteiger partial charge in [0.05, 0.1) is 20.3 Å². The van der Waals surface area contributed by atoms with Crippen LogP contribution in [-0.2, 0) is 4.79 Å². The maximum absolute atomic E-state index is 14.9. The second-order valence-corrected chi connectivity index (χ2v) is 11.4. The molecule has 0 saturated carbocycles. The summed E-state index contributed by atoms with van der Waals surface area (Å²) in [5.74, 6) is -1.21. The Kier molecular flexibility index (Phi) is 6.66. The number of nitrogens with zero attached hydrogens (tertiary/aromatic N) is 1. The molecule has 3 aliphatic rings. The number of methoxy groups -OCH3 is 2. The lowest BCUT2D eigenvalue weighted by atomic mass is 9.64. The molecule has 1 spiro atoms. The van der Waals surface area contributed by atoms with Gasteiger partial charge in [-0.3, -0.25) is 19.2 Å². The molecule has 8 nitrogen and oxygen atoms in total. The van der Waals surface area contributed by atoms with Crippen LogP contribution in [0.1, 0.15) is 55.0 Å². The Bertz CT molecular complexity index is 1890. The van der Waals surface area contributed by atoms with Gasteiger partial charge in [-0.05, 0) is 54.1 Å². The first kappa shape index (κ1) is 28.3. The van der Waals surface area contributed by atoms with E-state index in [-0.39, 0.29) is 17.3 Å². The molecule has 2 aliphatic heterocycles. The lowest BCUT2D eigenvalue weighted by Gasteiger charge is -2.37. The minimum absolute atomic E-state index is 0.300. The molecular formula is C37H29NO7. The zero-order chi connectivity index (χ0) is 31.5. The molecule has 224 valence electrons. The van der Waals surface area contributed by atoms with Gasteiger partial charge in [0.1, 0.15) is 28.7 Å². The Hall–Kier alpha value is -5.50. The minimum Gasteiger partial charge on any atom is -0.497 e. The third-order valence-corrected chi connectivity index (χ3v) is 9.15. The number of benzene rings is 4. The maximum atomic E-state index is 14.9. The van der Waals surface area contributed by atoms with Crippen molar-refractivity contribution in [3.8, 4) is 17.2 Å². The molecule has 0 N–H and O–H groups in total. The first-order chi connectivity index (χ1) is 21.8. The zero-order valence-corrected chi connectivity index (χ0v) is 24.9. The van der Waals surface area contributed by atoms with E-state index in [0.29, 0.717) is 39.5 Å². The highest BCUT2D eigenvalue weighted by Crippen LogP contribution is 2.62. The van der Waals surface area contributed by atoms with Crippen LogP contribution >= 0.6 is 0 Å². The summed E-state index contributed by atoms with van der Waals surface area (Å²) in [6.07, 6.45) is 3.79. The van der Waals surface area contributed by atoms with Gasteiger partial charge in [0.2, 0.25) is 0 Å². The number of hydrogen-bond donors (Lipinski definition) is 0. The van der Waals surface area contributed by atoms with Gasteiger partial charge < -0.3 is 19.1 Å². The van der Waals surface area contributed by atoms with Crippen molar-refractivity contribution < 1.29 is 33.4 Å². The van der Waals surface area contributed by atoms with E-state index in [2.05, 4.69) is 0 Å². The minimum atomic E-state index is -1.69. The van der Waals surface area contributed by atoms with Crippen molar-refractivity contribution in [3.63, 3.8) is 0 Å². The molecule has 7 rings (SSSR count). The largest absolute Gasteiger partial charge is 0.497 e. The number of hydrogen-bond acceptors (Lipinski definition) is 8. The Morgan fingerprint density at radius 2 is 1.42 bits per heavy atom. The highest BCUT2D eigenvalue weighted by molar-refractivity contribution is 6.32. The Morgan fingerprint density at radius 1 is 0.778 bits per heavy atom. The molecule has 0 radical (unpaired) electrons. The summed E-state index contributed by atoms with van der Waals surface area (Å²) in [6.45, 7) is 1.30. The van der Waals surface area contributed by atoms with Crippen molar-refractivity contribution in [1.82, 2.24) is 0 Å². The second kappa shape index (κ2) is 10.6. The third kappa shape index (κ3) is 4.05. The van der Waals surface area contributed by atoms with Crippen LogP contribution in [0, 0.1) is 5.41 Å². The first-order valence-electron chi connectivity index (χ1n) is 14.6. The number of fused-ring (bicyclic) bond motifs is 5. The van der Waals surface area contributed by atoms with Crippen LogP contribution in [0.25, 0.3) is 6.08 Å².